The Bertz CT molecular complexity index is 97.8. The summed E-state index contributed by atoms with van der Waals surface area (Å²) in [7, 11) is 0. The largest absolute Gasteiger partial charge is 0.390 e. The molecule has 1 rings (SSSR count). The average molecular weight is 145 g/mol. The molecular weight excluding hydrogens is 130 g/mol. The normalized spacial score (nSPS) is 40.5. The topological polar surface area (TPSA) is 66.5 Å². The van der Waals surface area contributed by atoms with E-state index >= 15 is 0 Å². The van der Waals surface area contributed by atoms with Gasteiger partial charge in [-0.15, -0.1) is 0 Å². The van der Waals surface area contributed by atoms with Crippen LogP contribution < -0.4 is 5.73 Å². The van der Waals surface area contributed by atoms with E-state index in [-0.39, 0.29) is 0 Å². The Labute approximate surface area is 60.9 Å². The molecule has 1 aliphatic carbocycles. The highest BCUT2D eigenvalue weighted by Gasteiger charge is 2.30. The van der Waals surface area contributed by atoms with Gasteiger partial charge in [0.05, 0.1) is 12.2 Å². The van der Waals surface area contributed by atoms with Crippen LogP contribution in [0.4, 0.5) is 0 Å². The zero-order valence-corrected chi connectivity index (χ0v) is 6.03. The van der Waals surface area contributed by atoms with Crippen LogP contribution in [-0.4, -0.2) is 29.0 Å². The van der Waals surface area contributed by atoms with Crippen molar-refractivity contribution in [2.45, 2.75) is 31.5 Å². The van der Waals surface area contributed by atoms with Crippen molar-refractivity contribution in [3.05, 3.63) is 0 Å². The van der Waals surface area contributed by atoms with E-state index in [1.807, 2.05) is 0 Å². The molecule has 3 nitrogen and oxygen atoms in total. The Morgan fingerprint density at radius 1 is 1.20 bits per heavy atom. The fourth-order valence-corrected chi connectivity index (χ4v) is 1.56. The van der Waals surface area contributed by atoms with E-state index in [2.05, 4.69) is 0 Å². The number of aliphatic hydroxyl groups is 2. The molecule has 60 valence electrons. The third-order valence-corrected chi connectivity index (χ3v) is 2.17. The minimum absolute atomic E-state index is 0.440. The first-order valence-corrected chi connectivity index (χ1v) is 3.80. The molecule has 4 N–H and O–H groups in total. The second-order valence-electron chi connectivity index (χ2n) is 3.05. The Morgan fingerprint density at radius 3 is 2.10 bits per heavy atom. The summed E-state index contributed by atoms with van der Waals surface area (Å²) in [6.07, 6.45) is 1.36. The maximum absolute atomic E-state index is 9.10. The molecule has 3 heteroatoms. The zero-order chi connectivity index (χ0) is 7.56. The summed E-state index contributed by atoms with van der Waals surface area (Å²) in [5, 5.41) is 18.2. The van der Waals surface area contributed by atoms with Crippen LogP contribution in [-0.2, 0) is 0 Å². The van der Waals surface area contributed by atoms with Crippen LogP contribution in [0.5, 0.6) is 0 Å². The van der Waals surface area contributed by atoms with E-state index in [0.29, 0.717) is 12.5 Å². The van der Waals surface area contributed by atoms with Gasteiger partial charge in [0.2, 0.25) is 0 Å². The summed E-state index contributed by atoms with van der Waals surface area (Å²) in [6.45, 7) is 0.657. The van der Waals surface area contributed by atoms with Gasteiger partial charge in [-0.2, -0.15) is 0 Å². The lowest BCUT2D eigenvalue weighted by atomic mass is 10.0. The van der Waals surface area contributed by atoms with E-state index in [4.69, 9.17) is 15.9 Å². The molecule has 0 aromatic rings. The monoisotopic (exact) mass is 145 g/mol. The summed E-state index contributed by atoms with van der Waals surface area (Å²) in [5.41, 5.74) is 5.34. The van der Waals surface area contributed by atoms with Crippen LogP contribution >= 0.6 is 0 Å². The lowest BCUT2D eigenvalue weighted by Gasteiger charge is -2.04. The highest BCUT2D eigenvalue weighted by Crippen LogP contribution is 2.27. The minimum atomic E-state index is -0.503. The van der Waals surface area contributed by atoms with Crippen molar-refractivity contribution in [3.8, 4) is 0 Å². The first-order valence-electron chi connectivity index (χ1n) is 3.80. The third kappa shape index (κ3) is 1.68. The molecule has 10 heavy (non-hydrogen) atoms. The fourth-order valence-electron chi connectivity index (χ4n) is 1.56. The Kier molecular flexibility index (Phi) is 2.65. The van der Waals surface area contributed by atoms with Crippen molar-refractivity contribution in [1.29, 1.82) is 0 Å². The van der Waals surface area contributed by atoms with Gasteiger partial charge in [-0.3, -0.25) is 0 Å². The van der Waals surface area contributed by atoms with Crippen molar-refractivity contribution in [2.75, 3.05) is 6.54 Å². The number of nitrogens with two attached hydrogens (primary N) is 1. The van der Waals surface area contributed by atoms with E-state index in [1.54, 1.807) is 0 Å². The van der Waals surface area contributed by atoms with E-state index in [1.165, 1.54) is 0 Å². The van der Waals surface area contributed by atoms with Gasteiger partial charge in [0.1, 0.15) is 0 Å². The highest BCUT2D eigenvalue weighted by molar-refractivity contribution is 4.82. The van der Waals surface area contributed by atoms with Crippen molar-refractivity contribution >= 4 is 0 Å². The Hall–Kier alpha value is -0.120. The number of rotatable bonds is 2. The lowest BCUT2D eigenvalue weighted by molar-refractivity contribution is 0.0438. The fraction of sp³-hybridized carbons (Fsp3) is 1.00. The molecular formula is C7H15NO2. The molecule has 1 saturated carbocycles. The summed E-state index contributed by atoms with van der Waals surface area (Å²) in [4.78, 5) is 0. The first kappa shape index (κ1) is 7.98. The number of hydrogen-bond acceptors (Lipinski definition) is 3. The van der Waals surface area contributed by atoms with Gasteiger partial charge in [-0.05, 0) is 31.7 Å². The second kappa shape index (κ2) is 3.32. The third-order valence-electron chi connectivity index (χ3n) is 2.17. The van der Waals surface area contributed by atoms with Gasteiger partial charge in [0.15, 0.2) is 0 Å². The van der Waals surface area contributed by atoms with Crippen LogP contribution in [0.15, 0.2) is 0 Å². The highest BCUT2D eigenvalue weighted by atomic mass is 16.3. The van der Waals surface area contributed by atoms with Gasteiger partial charge in [0, 0.05) is 0 Å². The Balaban J connectivity index is 2.27. The van der Waals surface area contributed by atoms with Crippen molar-refractivity contribution < 1.29 is 10.2 Å². The predicted molar refractivity (Wildman–Crippen MR) is 38.4 cm³/mol. The number of aliphatic hydroxyl groups excluding tert-OH is 2. The smallest absolute Gasteiger partial charge is 0.0801 e. The first-order chi connectivity index (χ1) is 4.74. The second-order valence-corrected chi connectivity index (χ2v) is 3.05. The van der Waals surface area contributed by atoms with Gasteiger partial charge in [-0.25, -0.2) is 0 Å². The Morgan fingerprint density at radius 2 is 1.70 bits per heavy atom. The van der Waals surface area contributed by atoms with Gasteiger partial charge >= 0.3 is 0 Å². The van der Waals surface area contributed by atoms with Gasteiger partial charge in [-0.1, -0.05) is 0 Å². The molecule has 0 aliphatic heterocycles. The van der Waals surface area contributed by atoms with Crippen LogP contribution in [0, 0.1) is 5.92 Å². The predicted octanol–water partition coefficient (Wildman–Crippen LogP) is -0.533. The molecule has 0 aromatic carbocycles. The standard InChI is InChI=1S/C7H15NO2/c8-2-1-5-3-6(9)7(10)4-5/h5-7,9-10H,1-4,8H2. The van der Waals surface area contributed by atoms with E-state index in [9.17, 15) is 0 Å². The SMILES string of the molecule is NCCC1CC(O)C(O)C1. The molecule has 2 unspecified atom stereocenters. The molecule has 2 atom stereocenters. The van der Waals surface area contributed by atoms with Crippen LogP contribution in [0.1, 0.15) is 19.3 Å². The molecule has 1 aliphatic rings. The minimum Gasteiger partial charge on any atom is -0.390 e. The molecule has 0 spiro atoms. The summed E-state index contributed by atoms with van der Waals surface area (Å²) >= 11 is 0. The van der Waals surface area contributed by atoms with Crippen LogP contribution in [0.2, 0.25) is 0 Å². The molecule has 0 radical (unpaired) electrons. The quantitative estimate of drug-likeness (QED) is 0.489. The average Bonchev–Trinajstić information content (AvgIpc) is 2.14. The summed E-state index contributed by atoms with van der Waals surface area (Å²) in [6, 6.07) is 0. The lowest BCUT2D eigenvalue weighted by Crippen LogP contribution is -2.17. The molecule has 0 saturated heterocycles. The van der Waals surface area contributed by atoms with E-state index in [0.717, 1.165) is 19.3 Å². The molecule has 0 aromatic heterocycles. The zero-order valence-electron chi connectivity index (χ0n) is 6.03. The maximum atomic E-state index is 9.10. The molecule has 0 amide bonds. The van der Waals surface area contributed by atoms with Crippen molar-refractivity contribution in [3.63, 3.8) is 0 Å². The maximum Gasteiger partial charge on any atom is 0.0801 e. The van der Waals surface area contributed by atoms with Crippen molar-refractivity contribution in [1.82, 2.24) is 0 Å². The summed E-state index contributed by atoms with van der Waals surface area (Å²) in [5.74, 6) is 0.440. The van der Waals surface area contributed by atoms with Crippen LogP contribution in [0.3, 0.4) is 0 Å². The van der Waals surface area contributed by atoms with Gasteiger partial charge < -0.3 is 15.9 Å². The van der Waals surface area contributed by atoms with Gasteiger partial charge in [0.25, 0.3) is 0 Å². The molecule has 0 heterocycles. The molecule has 0 bridgehead atoms. The number of hydrogen-bond donors (Lipinski definition) is 3. The van der Waals surface area contributed by atoms with Crippen LogP contribution in [0.25, 0.3) is 0 Å². The summed E-state index contributed by atoms with van der Waals surface area (Å²) < 4.78 is 0. The molecule has 1 fully saturated rings. The van der Waals surface area contributed by atoms with Crippen molar-refractivity contribution in [2.24, 2.45) is 11.7 Å². The van der Waals surface area contributed by atoms with E-state index < -0.39 is 12.2 Å².